The Bertz CT molecular complexity index is 743. The fourth-order valence-corrected chi connectivity index (χ4v) is 2.87. The summed E-state index contributed by atoms with van der Waals surface area (Å²) in [6.07, 6.45) is 2.32. The van der Waals surface area contributed by atoms with Crippen molar-refractivity contribution in [1.82, 2.24) is 15.3 Å². The summed E-state index contributed by atoms with van der Waals surface area (Å²) in [6, 6.07) is 9.08. The largest absolute Gasteiger partial charge is 0.497 e. The molecule has 2 heterocycles. The van der Waals surface area contributed by atoms with E-state index in [4.69, 9.17) is 9.47 Å². The molecule has 7 heteroatoms. The lowest BCUT2D eigenvalue weighted by molar-refractivity contribution is 0.0941. The molecule has 1 saturated heterocycles. The van der Waals surface area contributed by atoms with Gasteiger partial charge < -0.3 is 19.7 Å². The van der Waals surface area contributed by atoms with Gasteiger partial charge in [0.05, 0.1) is 13.7 Å². The number of amides is 1. The van der Waals surface area contributed by atoms with Gasteiger partial charge in [-0.05, 0) is 44.0 Å². The minimum Gasteiger partial charge on any atom is -0.497 e. The van der Waals surface area contributed by atoms with Gasteiger partial charge in [-0.25, -0.2) is 9.97 Å². The number of aromatic nitrogens is 2. The first-order chi connectivity index (χ1) is 12.7. The minimum atomic E-state index is -0.214. The van der Waals surface area contributed by atoms with Crippen LogP contribution in [0.5, 0.6) is 11.5 Å². The molecule has 138 valence electrons. The van der Waals surface area contributed by atoms with E-state index in [9.17, 15) is 4.79 Å². The highest BCUT2D eigenvalue weighted by atomic mass is 16.5. The molecular weight excluding hydrogens is 332 g/mol. The van der Waals surface area contributed by atoms with Crippen molar-refractivity contribution < 1.29 is 14.3 Å². The minimum absolute atomic E-state index is 0.214. The fourth-order valence-electron chi connectivity index (χ4n) is 2.87. The average Bonchev–Trinajstić information content (AvgIpc) is 3.20. The maximum Gasteiger partial charge on any atom is 0.270 e. The monoisotopic (exact) mass is 356 g/mol. The van der Waals surface area contributed by atoms with Gasteiger partial charge in [0.1, 0.15) is 35.4 Å². The number of benzene rings is 1. The predicted molar refractivity (Wildman–Crippen MR) is 99.0 cm³/mol. The molecule has 1 N–H and O–H groups in total. The summed E-state index contributed by atoms with van der Waals surface area (Å²) >= 11 is 0. The molecule has 1 aliphatic heterocycles. The molecule has 26 heavy (non-hydrogen) atoms. The quantitative estimate of drug-likeness (QED) is 0.767. The molecule has 7 nitrogen and oxygen atoms in total. The lowest BCUT2D eigenvalue weighted by Gasteiger charge is -2.17. The summed E-state index contributed by atoms with van der Waals surface area (Å²) in [4.78, 5) is 23.3. The molecule has 0 aliphatic carbocycles. The SMILES string of the molecule is COc1ccc(OCCNC(=O)c2cc(N3CCCC3)nc(C)n2)cc1. The van der Waals surface area contributed by atoms with Crippen LogP contribution < -0.4 is 19.7 Å². The topological polar surface area (TPSA) is 76.6 Å². The number of methoxy groups -OCH3 is 1. The molecule has 0 unspecified atom stereocenters. The van der Waals surface area contributed by atoms with Crippen molar-refractivity contribution in [3.8, 4) is 11.5 Å². The van der Waals surface area contributed by atoms with Crippen molar-refractivity contribution in [3.63, 3.8) is 0 Å². The number of hydrogen-bond donors (Lipinski definition) is 1. The summed E-state index contributed by atoms with van der Waals surface area (Å²) < 4.78 is 10.7. The molecule has 2 aromatic rings. The van der Waals surface area contributed by atoms with Crippen LogP contribution in [0.3, 0.4) is 0 Å². The van der Waals surface area contributed by atoms with Gasteiger partial charge in [0.25, 0.3) is 5.91 Å². The van der Waals surface area contributed by atoms with Crippen molar-refractivity contribution in [1.29, 1.82) is 0 Å². The molecule has 1 aromatic carbocycles. The Labute approximate surface area is 153 Å². The van der Waals surface area contributed by atoms with Crippen molar-refractivity contribution in [2.24, 2.45) is 0 Å². The van der Waals surface area contributed by atoms with Crippen LogP contribution in [0.25, 0.3) is 0 Å². The highest BCUT2D eigenvalue weighted by Crippen LogP contribution is 2.19. The summed E-state index contributed by atoms with van der Waals surface area (Å²) in [5, 5.41) is 2.84. The molecule has 1 amide bonds. The number of nitrogens with one attached hydrogen (secondary N) is 1. The second kappa shape index (κ2) is 8.51. The Morgan fingerprint density at radius 2 is 1.85 bits per heavy atom. The van der Waals surface area contributed by atoms with Crippen molar-refractivity contribution >= 4 is 11.7 Å². The summed E-state index contributed by atoms with van der Waals surface area (Å²) in [5.41, 5.74) is 0.392. The Balaban J connectivity index is 1.51. The number of aryl methyl sites for hydroxylation is 1. The van der Waals surface area contributed by atoms with Gasteiger partial charge in [0.15, 0.2) is 0 Å². The van der Waals surface area contributed by atoms with Crippen LogP contribution in [0.15, 0.2) is 30.3 Å². The third kappa shape index (κ3) is 4.62. The second-order valence-corrected chi connectivity index (χ2v) is 6.13. The summed E-state index contributed by atoms with van der Waals surface area (Å²) in [5.74, 6) is 2.73. The number of nitrogens with zero attached hydrogens (tertiary/aromatic N) is 3. The van der Waals surface area contributed by atoms with Crippen LogP contribution in [0.2, 0.25) is 0 Å². The first kappa shape index (κ1) is 18.0. The maximum atomic E-state index is 12.4. The van der Waals surface area contributed by atoms with Crippen molar-refractivity contribution in [2.45, 2.75) is 19.8 Å². The van der Waals surface area contributed by atoms with Crippen LogP contribution in [-0.2, 0) is 0 Å². The third-order valence-electron chi connectivity index (χ3n) is 4.20. The van der Waals surface area contributed by atoms with Gasteiger partial charge in [-0.3, -0.25) is 4.79 Å². The van der Waals surface area contributed by atoms with E-state index in [1.54, 1.807) is 13.2 Å². The van der Waals surface area contributed by atoms with Crippen LogP contribution in [0.4, 0.5) is 5.82 Å². The third-order valence-corrected chi connectivity index (χ3v) is 4.20. The number of rotatable bonds is 7. The van der Waals surface area contributed by atoms with E-state index in [0.717, 1.165) is 43.2 Å². The van der Waals surface area contributed by atoms with Gasteiger partial charge in [0.2, 0.25) is 0 Å². The zero-order valence-electron chi connectivity index (χ0n) is 15.2. The molecular formula is C19H24N4O3. The fraction of sp³-hybridized carbons (Fsp3) is 0.421. The normalized spacial score (nSPS) is 13.5. The second-order valence-electron chi connectivity index (χ2n) is 6.13. The molecule has 1 aliphatic rings. The number of hydrogen-bond acceptors (Lipinski definition) is 6. The smallest absolute Gasteiger partial charge is 0.270 e. The van der Waals surface area contributed by atoms with Crippen LogP contribution >= 0.6 is 0 Å². The van der Waals surface area contributed by atoms with Gasteiger partial charge in [-0.15, -0.1) is 0 Å². The van der Waals surface area contributed by atoms with E-state index in [2.05, 4.69) is 20.2 Å². The van der Waals surface area contributed by atoms with Gasteiger partial charge in [-0.2, -0.15) is 0 Å². The first-order valence-corrected chi connectivity index (χ1v) is 8.81. The number of ether oxygens (including phenoxy) is 2. The van der Waals surface area contributed by atoms with E-state index in [-0.39, 0.29) is 5.91 Å². The van der Waals surface area contributed by atoms with Crippen molar-refractivity contribution in [3.05, 3.63) is 41.9 Å². The predicted octanol–water partition coefficient (Wildman–Crippen LogP) is 2.20. The van der Waals surface area contributed by atoms with Crippen LogP contribution in [-0.4, -0.2) is 49.2 Å². The van der Waals surface area contributed by atoms with E-state index in [1.807, 2.05) is 31.2 Å². The molecule has 0 saturated carbocycles. The van der Waals surface area contributed by atoms with Gasteiger partial charge >= 0.3 is 0 Å². The Morgan fingerprint density at radius 3 is 2.54 bits per heavy atom. The lowest BCUT2D eigenvalue weighted by Crippen LogP contribution is -2.29. The highest BCUT2D eigenvalue weighted by Gasteiger charge is 2.17. The number of anilines is 1. The van der Waals surface area contributed by atoms with Crippen molar-refractivity contribution in [2.75, 3.05) is 38.3 Å². The zero-order chi connectivity index (χ0) is 18.4. The Morgan fingerprint density at radius 1 is 1.15 bits per heavy atom. The molecule has 0 spiro atoms. The molecule has 0 radical (unpaired) electrons. The van der Waals surface area contributed by atoms with Gasteiger partial charge in [-0.1, -0.05) is 0 Å². The lowest BCUT2D eigenvalue weighted by atomic mass is 10.3. The van der Waals surface area contributed by atoms with Crippen LogP contribution in [0, 0.1) is 6.92 Å². The Hall–Kier alpha value is -2.83. The van der Waals surface area contributed by atoms with E-state index in [1.165, 1.54) is 0 Å². The van der Waals surface area contributed by atoms with E-state index >= 15 is 0 Å². The zero-order valence-corrected chi connectivity index (χ0v) is 15.2. The summed E-state index contributed by atoms with van der Waals surface area (Å²) in [7, 11) is 1.62. The Kier molecular flexibility index (Phi) is 5.88. The molecule has 1 aromatic heterocycles. The molecule has 0 bridgehead atoms. The van der Waals surface area contributed by atoms with Gasteiger partial charge in [0, 0.05) is 19.2 Å². The molecule has 0 atom stereocenters. The maximum absolute atomic E-state index is 12.4. The first-order valence-electron chi connectivity index (χ1n) is 8.81. The van der Waals surface area contributed by atoms with E-state index < -0.39 is 0 Å². The number of carbonyl (C=O) groups is 1. The number of carbonyl (C=O) groups excluding carboxylic acids is 1. The molecule has 1 fully saturated rings. The standard InChI is InChI=1S/C19H24N4O3/c1-14-21-17(13-18(22-14)23-10-3-4-11-23)19(24)20-9-12-26-16-7-5-15(25-2)6-8-16/h5-8,13H,3-4,9-12H2,1-2H3,(H,20,24). The highest BCUT2D eigenvalue weighted by molar-refractivity contribution is 5.92. The summed E-state index contributed by atoms with van der Waals surface area (Å²) in [6.45, 7) is 4.54. The average molecular weight is 356 g/mol. The van der Waals surface area contributed by atoms with Crippen LogP contribution in [0.1, 0.15) is 29.2 Å². The van der Waals surface area contributed by atoms with E-state index in [0.29, 0.717) is 24.7 Å². The molecule has 3 rings (SSSR count).